The number of carbonyl (C=O) groups excluding carboxylic acids is 2. The minimum atomic E-state index is -0.490. The van der Waals surface area contributed by atoms with E-state index in [1.165, 1.54) is 0 Å². The van der Waals surface area contributed by atoms with Gasteiger partial charge in [-0.1, -0.05) is 0 Å². The van der Waals surface area contributed by atoms with Crippen molar-refractivity contribution < 1.29 is 9.59 Å². The predicted molar refractivity (Wildman–Crippen MR) is 108 cm³/mol. The SMILES string of the molecule is NC(=O)c1ccc(NC(=O)C2CCN(c3ccc(-n4cccn4)nn3)CC2)cc1. The van der Waals surface area contributed by atoms with Gasteiger partial charge in [-0.15, -0.1) is 10.2 Å². The number of carbonyl (C=O) groups is 2. The van der Waals surface area contributed by atoms with Crippen LogP contribution in [-0.4, -0.2) is 44.9 Å². The zero-order valence-corrected chi connectivity index (χ0v) is 15.7. The molecular weight excluding hydrogens is 370 g/mol. The van der Waals surface area contributed by atoms with Crippen molar-refractivity contribution in [3.05, 3.63) is 60.4 Å². The van der Waals surface area contributed by atoms with Crippen molar-refractivity contribution in [2.24, 2.45) is 11.7 Å². The van der Waals surface area contributed by atoms with Crippen LogP contribution >= 0.6 is 0 Å². The second-order valence-corrected chi connectivity index (χ2v) is 6.89. The first-order valence-corrected chi connectivity index (χ1v) is 9.39. The Bertz CT molecular complexity index is 977. The lowest BCUT2D eigenvalue weighted by Crippen LogP contribution is -2.38. The molecule has 1 saturated heterocycles. The second-order valence-electron chi connectivity index (χ2n) is 6.89. The van der Waals surface area contributed by atoms with E-state index < -0.39 is 5.91 Å². The maximum Gasteiger partial charge on any atom is 0.248 e. The van der Waals surface area contributed by atoms with Gasteiger partial charge in [0.1, 0.15) is 0 Å². The van der Waals surface area contributed by atoms with Crippen LogP contribution in [0.15, 0.2) is 54.9 Å². The normalized spacial score (nSPS) is 14.6. The van der Waals surface area contributed by atoms with Crippen molar-refractivity contribution in [1.29, 1.82) is 0 Å². The van der Waals surface area contributed by atoms with E-state index in [9.17, 15) is 9.59 Å². The van der Waals surface area contributed by atoms with Gasteiger partial charge < -0.3 is 16.0 Å². The van der Waals surface area contributed by atoms with Gasteiger partial charge in [0.2, 0.25) is 11.8 Å². The summed E-state index contributed by atoms with van der Waals surface area (Å²) in [4.78, 5) is 25.8. The van der Waals surface area contributed by atoms with E-state index >= 15 is 0 Å². The van der Waals surface area contributed by atoms with E-state index in [2.05, 4.69) is 25.5 Å². The number of hydrogen-bond acceptors (Lipinski definition) is 6. The molecule has 0 saturated carbocycles. The Morgan fingerprint density at radius 2 is 1.69 bits per heavy atom. The van der Waals surface area contributed by atoms with Crippen molar-refractivity contribution >= 4 is 23.3 Å². The van der Waals surface area contributed by atoms with Crippen LogP contribution in [0.2, 0.25) is 0 Å². The van der Waals surface area contributed by atoms with Gasteiger partial charge in [-0.2, -0.15) is 5.10 Å². The molecule has 3 aromatic rings. The van der Waals surface area contributed by atoms with Crippen LogP contribution in [0.4, 0.5) is 11.5 Å². The van der Waals surface area contributed by atoms with Crippen molar-refractivity contribution in [1.82, 2.24) is 20.0 Å². The smallest absolute Gasteiger partial charge is 0.248 e. The monoisotopic (exact) mass is 391 g/mol. The molecule has 0 radical (unpaired) electrons. The fourth-order valence-electron chi connectivity index (χ4n) is 3.35. The van der Waals surface area contributed by atoms with Crippen LogP contribution in [-0.2, 0) is 4.79 Å². The van der Waals surface area contributed by atoms with Crippen molar-refractivity contribution in [2.75, 3.05) is 23.3 Å². The topological polar surface area (TPSA) is 119 Å². The molecule has 1 fully saturated rings. The second kappa shape index (κ2) is 8.09. The van der Waals surface area contributed by atoms with Gasteiger partial charge in [0.25, 0.3) is 0 Å². The van der Waals surface area contributed by atoms with Crippen molar-refractivity contribution in [2.45, 2.75) is 12.8 Å². The van der Waals surface area contributed by atoms with Gasteiger partial charge >= 0.3 is 0 Å². The number of rotatable bonds is 5. The first kappa shape index (κ1) is 18.6. The zero-order valence-electron chi connectivity index (χ0n) is 15.7. The highest BCUT2D eigenvalue weighted by Gasteiger charge is 2.26. The molecule has 2 amide bonds. The highest BCUT2D eigenvalue weighted by atomic mass is 16.2. The fraction of sp³-hybridized carbons (Fsp3) is 0.250. The maximum absolute atomic E-state index is 12.5. The number of piperidine rings is 1. The Balaban J connectivity index is 1.31. The van der Waals surface area contributed by atoms with Crippen LogP contribution in [0.3, 0.4) is 0 Å². The van der Waals surface area contributed by atoms with E-state index in [4.69, 9.17) is 5.73 Å². The molecular formula is C20H21N7O2. The van der Waals surface area contributed by atoms with Crippen molar-refractivity contribution in [3.8, 4) is 5.82 Å². The van der Waals surface area contributed by atoms with E-state index in [1.54, 1.807) is 35.1 Å². The number of nitrogens with one attached hydrogen (secondary N) is 1. The number of benzene rings is 1. The van der Waals surface area contributed by atoms with Crippen LogP contribution in [0.1, 0.15) is 23.2 Å². The Morgan fingerprint density at radius 1 is 1.00 bits per heavy atom. The Labute approximate surface area is 167 Å². The van der Waals surface area contributed by atoms with E-state index in [1.807, 2.05) is 24.4 Å². The summed E-state index contributed by atoms with van der Waals surface area (Å²) >= 11 is 0. The third-order valence-corrected chi connectivity index (χ3v) is 5.00. The summed E-state index contributed by atoms with van der Waals surface area (Å²) in [6, 6.07) is 12.2. The summed E-state index contributed by atoms with van der Waals surface area (Å²) in [6.07, 6.45) is 4.97. The zero-order chi connectivity index (χ0) is 20.2. The summed E-state index contributed by atoms with van der Waals surface area (Å²) in [6.45, 7) is 1.46. The lowest BCUT2D eigenvalue weighted by molar-refractivity contribution is -0.120. The largest absolute Gasteiger partial charge is 0.366 e. The minimum absolute atomic E-state index is 0.0170. The molecule has 0 unspecified atom stereocenters. The summed E-state index contributed by atoms with van der Waals surface area (Å²) in [5.41, 5.74) is 6.30. The van der Waals surface area contributed by atoms with Gasteiger partial charge in [-0.25, -0.2) is 4.68 Å². The third-order valence-electron chi connectivity index (χ3n) is 5.00. The van der Waals surface area contributed by atoms with Gasteiger partial charge in [0.05, 0.1) is 0 Å². The molecule has 0 aliphatic carbocycles. The van der Waals surface area contributed by atoms with E-state index in [0.717, 1.165) is 31.7 Å². The number of anilines is 2. The Kier molecular flexibility index (Phi) is 5.19. The molecule has 4 rings (SSSR count). The molecule has 2 aromatic heterocycles. The summed E-state index contributed by atoms with van der Waals surface area (Å²) in [7, 11) is 0. The molecule has 0 spiro atoms. The highest BCUT2D eigenvalue weighted by Crippen LogP contribution is 2.23. The summed E-state index contributed by atoms with van der Waals surface area (Å²) in [5.74, 6) is 0.878. The third kappa shape index (κ3) is 4.23. The number of amides is 2. The van der Waals surface area contributed by atoms with Crippen molar-refractivity contribution in [3.63, 3.8) is 0 Å². The van der Waals surface area contributed by atoms with Crippen LogP contribution in [0, 0.1) is 5.92 Å². The first-order chi connectivity index (χ1) is 14.1. The lowest BCUT2D eigenvalue weighted by Gasteiger charge is -2.31. The molecule has 9 nitrogen and oxygen atoms in total. The molecule has 148 valence electrons. The van der Waals surface area contributed by atoms with Crippen LogP contribution in [0.25, 0.3) is 5.82 Å². The van der Waals surface area contributed by atoms with Crippen LogP contribution < -0.4 is 16.0 Å². The molecule has 29 heavy (non-hydrogen) atoms. The molecule has 0 bridgehead atoms. The van der Waals surface area contributed by atoms with Gasteiger partial charge in [-0.3, -0.25) is 9.59 Å². The average Bonchev–Trinajstić information content (AvgIpc) is 3.29. The maximum atomic E-state index is 12.5. The fourth-order valence-corrected chi connectivity index (χ4v) is 3.35. The minimum Gasteiger partial charge on any atom is -0.366 e. The van der Waals surface area contributed by atoms with Gasteiger partial charge in [-0.05, 0) is 55.3 Å². The lowest BCUT2D eigenvalue weighted by atomic mass is 9.95. The number of nitrogens with zero attached hydrogens (tertiary/aromatic N) is 5. The number of hydrogen-bond donors (Lipinski definition) is 2. The van der Waals surface area contributed by atoms with Gasteiger partial charge in [0.15, 0.2) is 11.6 Å². The standard InChI is InChI=1S/C20H21N7O2/c21-19(28)14-2-4-16(5-3-14)23-20(29)15-8-12-26(13-9-15)17-6-7-18(25-24-17)27-11-1-10-22-27/h1-7,10-11,15H,8-9,12-13H2,(H2,21,28)(H,23,29). The quantitative estimate of drug-likeness (QED) is 0.682. The Morgan fingerprint density at radius 3 is 2.28 bits per heavy atom. The molecule has 3 heterocycles. The molecule has 1 aromatic carbocycles. The number of nitrogens with two attached hydrogens (primary N) is 1. The van der Waals surface area contributed by atoms with E-state index in [-0.39, 0.29) is 11.8 Å². The predicted octanol–water partition coefficient (Wildman–Crippen LogP) is 1.62. The molecule has 1 aliphatic rings. The molecule has 1 aliphatic heterocycles. The molecule has 0 atom stereocenters. The average molecular weight is 391 g/mol. The molecule has 9 heteroatoms. The summed E-state index contributed by atoms with van der Waals surface area (Å²) < 4.78 is 1.66. The van der Waals surface area contributed by atoms with Gasteiger partial charge in [0, 0.05) is 42.7 Å². The summed E-state index contributed by atoms with van der Waals surface area (Å²) in [5, 5.41) is 15.6. The number of primary amides is 1. The molecule has 3 N–H and O–H groups in total. The highest BCUT2D eigenvalue weighted by molar-refractivity contribution is 5.95. The van der Waals surface area contributed by atoms with E-state index in [0.29, 0.717) is 17.1 Å². The Hall–Kier alpha value is -3.75. The van der Waals surface area contributed by atoms with Crippen LogP contribution in [0.5, 0.6) is 0 Å². The first-order valence-electron chi connectivity index (χ1n) is 9.39. The number of aromatic nitrogens is 4.